The molecule has 1 N–H and O–H groups in total. The Morgan fingerprint density at radius 2 is 2.17 bits per heavy atom. The van der Waals surface area contributed by atoms with Crippen LogP contribution in [0.15, 0.2) is 30.5 Å². The summed E-state index contributed by atoms with van der Waals surface area (Å²) in [4.78, 5) is 18.7. The lowest BCUT2D eigenvalue weighted by atomic mass is 10.2. The summed E-state index contributed by atoms with van der Waals surface area (Å²) in [6.07, 6.45) is 1.57. The Kier molecular flexibility index (Phi) is 3.43. The molecule has 0 saturated heterocycles. The average molecular weight is 265 g/mol. The van der Waals surface area contributed by atoms with Gasteiger partial charge in [0, 0.05) is 11.9 Å². The SMILES string of the molecule is Cc1ccnc(Oc2ccc(C(=O)O)cc2Cl)n1. The first-order chi connectivity index (χ1) is 8.56. The molecule has 0 atom stereocenters. The Balaban J connectivity index is 2.27. The molecule has 1 aromatic carbocycles. The van der Waals surface area contributed by atoms with E-state index in [0.717, 1.165) is 5.69 Å². The molecule has 2 aromatic rings. The highest BCUT2D eigenvalue weighted by atomic mass is 35.5. The van der Waals surface area contributed by atoms with Crippen LogP contribution in [-0.4, -0.2) is 21.0 Å². The molecular weight excluding hydrogens is 256 g/mol. The van der Waals surface area contributed by atoms with Crippen molar-refractivity contribution in [2.45, 2.75) is 6.92 Å². The smallest absolute Gasteiger partial charge is 0.335 e. The summed E-state index contributed by atoms with van der Waals surface area (Å²) in [5.41, 5.74) is 0.857. The maximum Gasteiger partial charge on any atom is 0.335 e. The number of aryl methyl sites for hydroxylation is 1. The van der Waals surface area contributed by atoms with Crippen LogP contribution in [0.4, 0.5) is 0 Å². The highest BCUT2D eigenvalue weighted by molar-refractivity contribution is 6.32. The summed E-state index contributed by atoms with van der Waals surface area (Å²) >= 11 is 5.92. The molecule has 18 heavy (non-hydrogen) atoms. The summed E-state index contributed by atoms with van der Waals surface area (Å²) in [6.45, 7) is 1.81. The predicted octanol–water partition coefficient (Wildman–Crippen LogP) is 2.93. The summed E-state index contributed by atoms with van der Waals surface area (Å²) in [5, 5.41) is 9.00. The fourth-order valence-corrected chi connectivity index (χ4v) is 1.51. The van der Waals surface area contributed by atoms with Crippen LogP contribution in [0.2, 0.25) is 5.02 Å². The zero-order valence-electron chi connectivity index (χ0n) is 9.42. The van der Waals surface area contributed by atoms with Crippen LogP contribution in [0.3, 0.4) is 0 Å². The number of carbonyl (C=O) groups is 1. The summed E-state index contributed by atoms with van der Waals surface area (Å²) in [6, 6.07) is 6.09. The summed E-state index contributed by atoms with van der Waals surface area (Å²) in [7, 11) is 0. The van der Waals surface area contributed by atoms with Crippen LogP contribution in [0, 0.1) is 6.92 Å². The molecule has 1 aromatic heterocycles. The van der Waals surface area contributed by atoms with Crippen LogP contribution in [0.1, 0.15) is 16.1 Å². The Morgan fingerprint density at radius 1 is 1.39 bits per heavy atom. The van der Waals surface area contributed by atoms with Gasteiger partial charge in [-0.05, 0) is 31.2 Å². The molecule has 0 aliphatic carbocycles. The Labute approximate surface area is 108 Å². The van der Waals surface area contributed by atoms with Crippen LogP contribution in [-0.2, 0) is 0 Å². The van der Waals surface area contributed by atoms with Gasteiger partial charge in [0.05, 0.1) is 10.6 Å². The van der Waals surface area contributed by atoms with Gasteiger partial charge in [-0.15, -0.1) is 0 Å². The van der Waals surface area contributed by atoms with E-state index < -0.39 is 5.97 Å². The molecule has 0 saturated carbocycles. The van der Waals surface area contributed by atoms with Gasteiger partial charge in [-0.2, -0.15) is 0 Å². The van der Waals surface area contributed by atoms with E-state index in [2.05, 4.69) is 9.97 Å². The van der Waals surface area contributed by atoms with Crippen LogP contribution >= 0.6 is 11.6 Å². The first kappa shape index (κ1) is 12.3. The summed E-state index contributed by atoms with van der Waals surface area (Å²) < 4.78 is 5.38. The zero-order chi connectivity index (χ0) is 13.1. The zero-order valence-corrected chi connectivity index (χ0v) is 10.2. The molecule has 0 unspecified atom stereocenters. The van der Waals surface area contributed by atoms with E-state index in [1.165, 1.54) is 18.2 Å². The third kappa shape index (κ3) is 2.75. The quantitative estimate of drug-likeness (QED) is 0.923. The van der Waals surface area contributed by atoms with Crippen molar-refractivity contribution in [3.05, 3.63) is 46.7 Å². The molecule has 0 aliphatic rings. The first-order valence-corrected chi connectivity index (χ1v) is 5.44. The van der Waals surface area contributed by atoms with Crippen LogP contribution in [0.5, 0.6) is 11.8 Å². The van der Waals surface area contributed by atoms with Gasteiger partial charge in [0.15, 0.2) is 0 Å². The minimum Gasteiger partial charge on any atom is -0.478 e. The molecule has 0 radical (unpaired) electrons. The number of hydrogen-bond acceptors (Lipinski definition) is 4. The molecule has 5 nitrogen and oxygen atoms in total. The van der Waals surface area contributed by atoms with Crippen LogP contribution < -0.4 is 4.74 Å². The number of rotatable bonds is 3. The van der Waals surface area contributed by atoms with Gasteiger partial charge in [0.25, 0.3) is 0 Å². The topological polar surface area (TPSA) is 72.3 Å². The second kappa shape index (κ2) is 5.01. The molecular formula is C12H9ClN2O3. The minimum absolute atomic E-state index is 0.0949. The van der Waals surface area contributed by atoms with Crippen molar-refractivity contribution in [1.82, 2.24) is 9.97 Å². The largest absolute Gasteiger partial charge is 0.478 e. The van der Waals surface area contributed by atoms with Gasteiger partial charge in [-0.1, -0.05) is 11.6 Å². The standard InChI is InChI=1S/C12H9ClN2O3/c1-7-4-5-14-12(15-7)18-10-3-2-8(11(16)17)6-9(10)13/h2-6H,1H3,(H,16,17). The lowest BCUT2D eigenvalue weighted by molar-refractivity contribution is 0.0697. The maximum absolute atomic E-state index is 10.7. The molecule has 0 fully saturated rings. The number of carboxylic acids is 1. The third-order valence-electron chi connectivity index (χ3n) is 2.15. The molecule has 6 heteroatoms. The van der Waals surface area contributed by atoms with Crippen LogP contribution in [0.25, 0.3) is 0 Å². The van der Waals surface area contributed by atoms with E-state index in [-0.39, 0.29) is 16.6 Å². The van der Waals surface area contributed by atoms with Crippen molar-refractivity contribution >= 4 is 17.6 Å². The van der Waals surface area contributed by atoms with E-state index in [1.54, 1.807) is 12.3 Å². The Bertz CT molecular complexity index is 602. The van der Waals surface area contributed by atoms with Gasteiger partial charge >= 0.3 is 12.0 Å². The van der Waals surface area contributed by atoms with E-state index in [0.29, 0.717) is 5.75 Å². The highest BCUT2D eigenvalue weighted by Gasteiger charge is 2.09. The number of hydrogen-bond donors (Lipinski definition) is 1. The monoisotopic (exact) mass is 264 g/mol. The molecule has 0 bridgehead atoms. The van der Waals surface area contributed by atoms with Gasteiger partial charge in [-0.25, -0.2) is 14.8 Å². The van der Waals surface area contributed by atoms with Crippen molar-refractivity contribution in [3.63, 3.8) is 0 Å². The lowest BCUT2D eigenvalue weighted by Gasteiger charge is -2.06. The molecule has 0 spiro atoms. The van der Waals surface area contributed by atoms with Crippen molar-refractivity contribution in [3.8, 4) is 11.8 Å². The Morgan fingerprint density at radius 3 is 2.78 bits per heavy atom. The highest BCUT2D eigenvalue weighted by Crippen LogP contribution is 2.28. The number of aromatic carboxylic acids is 1. The maximum atomic E-state index is 10.7. The normalized spacial score (nSPS) is 10.1. The van der Waals surface area contributed by atoms with Crippen molar-refractivity contribution < 1.29 is 14.6 Å². The minimum atomic E-state index is -1.05. The van der Waals surface area contributed by atoms with Gasteiger partial charge < -0.3 is 9.84 Å². The van der Waals surface area contributed by atoms with Gasteiger partial charge in [-0.3, -0.25) is 0 Å². The average Bonchev–Trinajstić information content (AvgIpc) is 2.31. The number of nitrogens with zero attached hydrogens (tertiary/aromatic N) is 2. The van der Waals surface area contributed by atoms with Crippen molar-refractivity contribution in [2.75, 3.05) is 0 Å². The number of aromatic nitrogens is 2. The second-order valence-electron chi connectivity index (χ2n) is 3.53. The van der Waals surface area contributed by atoms with E-state index in [9.17, 15) is 4.79 Å². The lowest BCUT2D eigenvalue weighted by Crippen LogP contribution is -1.97. The molecule has 1 heterocycles. The van der Waals surface area contributed by atoms with E-state index in [4.69, 9.17) is 21.4 Å². The number of ether oxygens (including phenoxy) is 1. The van der Waals surface area contributed by atoms with E-state index >= 15 is 0 Å². The molecule has 0 aliphatic heterocycles. The first-order valence-electron chi connectivity index (χ1n) is 5.06. The van der Waals surface area contributed by atoms with Gasteiger partial charge in [0.2, 0.25) is 0 Å². The predicted molar refractivity (Wildman–Crippen MR) is 65.3 cm³/mol. The Hall–Kier alpha value is -2.14. The fraction of sp³-hybridized carbons (Fsp3) is 0.0833. The fourth-order valence-electron chi connectivity index (χ4n) is 1.29. The second-order valence-corrected chi connectivity index (χ2v) is 3.94. The van der Waals surface area contributed by atoms with Crippen molar-refractivity contribution in [1.29, 1.82) is 0 Å². The molecule has 0 amide bonds. The number of benzene rings is 1. The van der Waals surface area contributed by atoms with Crippen molar-refractivity contribution in [2.24, 2.45) is 0 Å². The molecule has 92 valence electrons. The van der Waals surface area contributed by atoms with E-state index in [1.807, 2.05) is 6.92 Å². The van der Waals surface area contributed by atoms with Gasteiger partial charge in [0.1, 0.15) is 5.75 Å². The summed E-state index contributed by atoms with van der Waals surface area (Å²) in [5.74, 6) is -0.734. The number of halogens is 1. The third-order valence-corrected chi connectivity index (χ3v) is 2.45. The number of carboxylic acid groups (broad SMARTS) is 1. The molecule has 2 rings (SSSR count).